The first-order chi connectivity index (χ1) is 18.5. The van der Waals surface area contributed by atoms with Crippen molar-refractivity contribution in [2.45, 2.75) is 20.0 Å². The fourth-order valence-corrected chi connectivity index (χ4v) is 5.48. The van der Waals surface area contributed by atoms with Gasteiger partial charge in [0.05, 0.1) is 6.26 Å². The summed E-state index contributed by atoms with van der Waals surface area (Å²) in [6.45, 7) is 3.24. The number of aromatic nitrogens is 1. The van der Waals surface area contributed by atoms with E-state index in [-0.39, 0.29) is 18.8 Å². The first-order valence-electron chi connectivity index (χ1n) is 12.0. The lowest BCUT2D eigenvalue weighted by Gasteiger charge is -2.46. The van der Waals surface area contributed by atoms with Crippen LogP contribution in [-0.4, -0.2) is 54.4 Å². The summed E-state index contributed by atoms with van der Waals surface area (Å²) in [4.78, 5) is 24.5. The number of carboxylic acids is 1. The zero-order chi connectivity index (χ0) is 27.9. The number of allylic oxidation sites excluding steroid dienone is 7. The van der Waals surface area contributed by atoms with Gasteiger partial charge in [-0.25, -0.2) is 13.2 Å². The van der Waals surface area contributed by atoms with Crippen LogP contribution in [0.25, 0.3) is 0 Å². The van der Waals surface area contributed by atoms with Crippen LogP contribution in [0.2, 0.25) is 0 Å². The number of nitrogens with zero attached hydrogens (tertiary/aromatic N) is 2. The third-order valence-electron chi connectivity index (χ3n) is 6.86. The monoisotopic (exact) mass is 547 g/mol. The summed E-state index contributed by atoms with van der Waals surface area (Å²) in [6, 6.07) is 9.34. The normalized spacial score (nSPS) is 18.3. The van der Waals surface area contributed by atoms with Crippen LogP contribution in [0.3, 0.4) is 0 Å². The molecule has 11 heteroatoms. The predicted octanol–water partition coefficient (Wildman–Crippen LogP) is 3.72. The number of ether oxygens (including phenoxy) is 1. The standard InChI is InChI=1S/C28H25N3O7S/c1-17-25(29-27(34)37-18(2)20-7-5-4-6-8-20)24(38-30-17)10-9-19-11-21-13-23(14-22(21)12-19)28(26(32)33)15-31(16-28)39(3,35)36/h4-8,11-14,18H,15-16H2,1-3H3,(H,29,34)(H,32,33). The van der Waals surface area contributed by atoms with Crippen molar-refractivity contribution < 1.29 is 32.4 Å². The molecule has 1 amide bonds. The number of carbonyl (C=O) groups excluding carboxylic acids is 1. The maximum absolute atomic E-state index is 12.5. The van der Waals surface area contributed by atoms with E-state index in [1.165, 1.54) is 0 Å². The van der Waals surface area contributed by atoms with Gasteiger partial charge in [-0.15, -0.1) is 0 Å². The molecule has 3 aliphatic rings. The Balaban J connectivity index is 1.27. The highest BCUT2D eigenvalue weighted by Crippen LogP contribution is 2.45. The van der Waals surface area contributed by atoms with Gasteiger partial charge in [0.25, 0.3) is 0 Å². The van der Waals surface area contributed by atoms with Crippen molar-refractivity contribution in [3.63, 3.8) is 0 Å². The molecular weight excluding hydrogens is 522 g/mol. The molecule has 39 heavy (non-hydrogen) atoms. The Labute approximate surface area is 225 Å². The lowest BCUT2D eigenvalue weighted by molar-refractivity contribution is -0.152. The molecule has 2 aliphatic carbocycles. The Morgan fingerprint density at radius 2 is 1.82 bits per heavy atom. The molecule has 0 spiro atoms. The van der Waals surface area contributed by atoms with E-state index in [1.807, 2.05) is 30.3 Å². The second-order valence-electron chi connectivity index (χ2n) is 9.62. The molecule has 1 unspecified atom stereocenters. The van der Waals surface area contributed by atoms with Crippen molar-refractivity contribution in [3.8, 4) is 11.8 Å². The molecule has 2 N–H and O–H groups in total. The number of rotatable bonds is 6. The van der Waals surface area contributed by atoms with Gasteiger partial charge in [-0.3, -0.25) is 10.1 Å². The van der Waals surface area contributed by atoms with Crippen LogP contribution < -0.4 is 5.32 Å². The molecule has 0 saturated carbocycles. The molecule has 1 aromatic carbocycles. The number of hydrogen-bond donors (Lipinski definition) is 2. The zero-order valence-corrected chi connectivity index (χ0v) is 22.2. The van der Waals surface area contributed by atoms with Crippen molar-refractivity contribution in [2.75, 3.05) is 24.7 Å². The quantitative estimate of drug-likeness (QED) is 0.522. The molecule has 1 aliphatic heterocycles. The summed E-state index contributed by atoms with van der Waals surface area (Å²) in [5, 5.41) is 16.4. The minimum Gasteiger partial charge on any atom is -0.481 e. The smallest absolute Gasteiger partial charge is 0.412 e. The zero-order valence-electron chi connectivity index (χ0n) is 21.4. The molecule has 1 aromatic heterocycles. The maximum Gasteiger partial charge on any atom is 0.412 e. The van der Waals surface area contributed by atoms with E-state index in [4.69, 9.17) is 9.26 Å². The molecule has 1 fully saturated rings. The largest absolute Gasteiger partial charge is 0.481 e. The topological polar surface area (TPSA) is 139 Å². The van der Waals surface area contributed by atoms with Crippen LogP contribution in [-0.2, 0) is 19.6 Å². The fourth-order valence-electron chi connectivity index (χ4n) is 4.57. The second-order valence-corrected chi connectivity index (χ2v) is 11.6. The maximum atomic E-state index is 12.5. The van der Waals surface area contributed by atoms with Crippen LogP contribution in [0, 0.1) is 24.2 Å². The summed E-state index contributed by atoms with van der Waals surface area (Å²) >= 11 is 0. The molecule has 1 atom stereocenters. The first kappa shape index (κ1) is 26.2. The molecule has 1 saturated heterocycles. The van der Waals surface area contributed by atoms with Crippen molar-refractivity contribution in [1.29, 1.82) is 0 Å². The lowest BCUT2D eigenvalue weighted by atomic mass is 9.75. The number of amides is 1. The summed E-state index contributed by atoms with van der Waals surface area (Å²) in [5.74, 6) is 4.97. The lowest BCUT2D eigenvalue weighted by Crippen LogP contribution is -2.62. The summed E-state index contributed by atoms with van der Waals surface area (Å²) < 4.78 is 35.5. The second kappa shape index (κ2) is 9.72. The van der Waals surface area contributed by atoms with E-state index in [0.29, 0.717) is 22.5 Å². The van der Waals surface area contributed by atoms with Gasteiger partial charge in [0, 0.05) is 18.7 Å². The Morgan fingerprint density at radius 1 is 1.13 bits per heavy atom. The van der Waals surface area contributed by atoms with Gasteiger partial charge < -0.3 is 14.4 Å². The molecule has 200 valence electrons. The molecule has 2 aromatic rings. The molecule has 0 radical (unpaired) electrons. The van der Waals surface area contributed by atoms with Crippen molar-refractivity contribution in [2.24, 2.45) is 5.41 Å². The van der Waals surface area contributed by atoms with E-state index in [2.05, 4.69) is 22.3 Å². The minimum atomic E-state index is -3.46. The van der Waals surface area contributed by atoms with Gasteiger partial charge in [0.15, 0.2) is 0 Å². The van der Waals surface area contributed by atoms with Gasteiger partial charge in [0.1, 0.15) is 22.9 Å². The summed E-state index contributed by atoms with van der Waals surface area (Å²) in [5.41, 5.74) is 3.12. The molecule has 5 rings (SSSR count). The molecular formula is C28H25N3O7S. The van der Waals surface area contributed by atoms with Crippen LogP contribution in [0.4, 0.5) is 10.5 Å². The number of aryl methyl sites for hydroxylation is 1. The Hall–Kier alpha value is -4.40. The highest BCUT2D eigenvalue weighted by molar-refractivity contribution is 7.88. The SMILES string of the molecule is Cc1noc(C#CC2=CC3=CC(C4(C(=O)O)CN(S(C)(=O)=O)C4)=CC3=C2)c1NC(=O)OC(C)c1ccccc1. The third kappa shape index (κ3) is 5.04. The van der Waals surface area contributed by atoms with Crippen molar-refractivity contribution >= 4 is 27.8 Å². The average molecular weight is 548 g/mol. The fraction of sp³-hybridized carbons (Fsp3) is 0.250. The number of sulfonamides is 1. The van der Waals surface area contributed by atoms with Crippen molar-refractivity contribution in [1.82, 2.24) is 9.46 Å². The number of nitrogens with one attached hydrogen (secondary N) is 1. The minimum absolute atomic E-state index is 0.104. The van der Waals surface area contributed by atoms with E-state index < -0.39 is 33.6 Å². The van der Waals surface area contributed by atoms with Crippen LogP contribution in [0.1, 0.15) is 30.0 Å². The van der Waals surface area contributed by atoms with E-state index in [9.17, 15) is 23.1 Å². The van der Waals surface area contributed by atoms with Gasteiger partial charge in [0.2, 0.25) is 15.8 Å². The van der Waals surface area contributed by atoms with Crippen LogP contribution >= 0.6 is 0 Å². The van der Waals surface area contributed by atoms with Gasteiger partial charge in [-0.05, 0) is 66.4 Å². The van der Waals surface area contributed by atoms with Gasteiger partial charge in [-0.2, -0.15) is 4.31 Å². The number of aliphatic carboxylic acids is 1. The summed E-state index contributed by atoms with van der Waals surface area (Å²) in [7, 11) is -3.46. The third-order valence-corrected chi connectivity index (χ3v) is 8.06. The molecule has 0 bridgehead atoms. The number of benzene rings is 1. The van der Waals surface area contributed by atoms with E-state index >= 15 is 0 Å². The number of carbonyl (C=O) groups is 2. The van der Waals surface area contributed by atoms with Crippen LogP contribution in [0.15, 0.2) is 81.5 Å². The highest BCUT2D eigenvalue weighted by Gasteiger charge is 2.55. The van der Waals surface area contributed by atoms with Gasteiger partial charge in [-0.1, -0.05) is 41.4 Å². The average Bonchev–Trinajstić information content (AvgIpc) is 3.50. The molecule has 10 nitrogen and oxygen atoms in total. The predicted molar refractivity (Wildman–Crippen MR) is 142 cm³/mol. The van der Waals surface area contributed by atoms with Crippen molar-refractivity contribution in [3.05, 3.63) is 93.9 Å². The number of fused-ring (bicyclic) bond motifs is 1. The Kier molecular flexibility index (Phi) is 6.54. The van der Waals surface area contributed by atoms with Gasteiger partial charge >= 0.3 is 12.1 Å². The van der Waals surface area contributed by atoms with E-state index in [1.54, 1.807) is 38.2 Å². The van der Waals surface area contributed by atoms with Crippen LogP contribution in [0.5, 0.6) is 0 Å². The number of hydrogen-bond acceptors (Lipinski definition) is 7. The highest BCUT2D eigenvalue weighted by atomic mass is 32.2. The number of carboxylic acid groups (broad SMARTS) is 1. The molecule has 2 heterocycles. The Bertz CT molecular complexity index is 1660. The van der Waals surface area contributed by atoms with E-state index in [0.717, 1.165) is 27.3 Å². The number of anilines is 1. The first-order valence-corrected chi connectivity index (χ1v) is 13.9. The Morgan fingerprint density at radius 3 is 2.46 bits per heavy atom. The summed E-state index contributed by atoms with van der Waals surface area (Å²) in [6.07, 6.45) is 7.06.